The summed E-state index contributed by atoms with van der Waals surface area (Å²) in [6.45, 7) is 2.91. The summed E-state index contributed by atoms with van der Waals surface area (Å²) < 4.78 is 77.6. The fourth-order valence-electron chi connectivity index (χ4n) is 2.85. The van der Waals surface area contributed by atoms with E-state index in [1.165, 1.54) is 31.4 Å². The van der Waals surface area contributed by atoms with Crippen LogP contribution in [-0.4, -0.2) is 12.3 Å². The van der Waals surface area contributed by atoms with Crippen molar-refractivity contribution in [2.45, 2.75) is 39.5 Å². The molecule has 0 atom stereocenters. The summed E-state index contributed by atoms with van der Waals surface area (Å²) in [6.07, 6.45) is -7.07. The van der Waals surface area contributed by atoms with E-state index < -0.39 is 30.5 Å². The van der Waals surface area contributed by atoms with Crippen LogP contribution in [0.5, 0.6) is 5.75 Å². The van der Waals surface area contributed by atoms with E-state index in [-0.39, 0.29) is 22.0 Å². The third-order valence-electron chi connectivity index (χ3n) is 4.37. The Kier molecular flexibility index (Phi) is 7.40. The first-order chi connectivity index (χ1) is 13.6. The molecule has 2 aromatic carbocycles. The van der Waals surface area contributed by atoms with Crippen LogP contribution in [0.15, 0.2) is 30.3 Å². The maximum Gasteiger partial charge on any atom is 0.419 e. The van der Waals surface area contributed by atoms with Gasteiger partial charge in [0.2, 0.25) is 0 Å². The van der Waals surface area contributed by atoms with Gasteiger partial charge in [-0.25, -0.2) is 8.78 Å². The minimum absolute atomic E-state index is 0.00718. The smallest absolute Gasteiger partial charge is 0.419 e. The van der Waals surface area contributed by atoms with Gasteiger partial charge in [0.15, 0.2) is 0 Å². The average molecular weight is 433 g/mol. The average Bonchev–Trinajstić information content (AvgIpc) is 2.65. The lowest BCUT2D eigenvalue weighted by Crippen LogP contribution is -2.15. The molecule has 2 rings (SSSR count). The summed E-state index contributed by atoms with van der Waals surface area (Å²) in [6, 6.07) is 6.34. The molecule has 0 amide bonds. The molecule has 0 saturated carbocycles. The Morgan fingerprint density at radius 1 is 1.21 bits per heavy atom. The lowest BCUT2D eigenvalue weighted by Gasteiger charge is -2.20. The Morgan fingerprint density at radius 2 is 1.90 bits per heavy atom. The zero-order chi connectivity index (χ0) is 21.8. The van der Waals surface area contributed by atoms with E-state index >= 15 is 0 Å². The predicted octanol–water partition coefficient (Wildman–Crippen LogP) is 6.44. The Labute approximate surface area is 170 Å². The molecule has 29 heavy (non-hydrogen) atoms. The SMILES string of the molecule is CCc1cc(C(F)(F)F)c(OCc2c(NC(=S)OC)cccc2C(F)F)cc1C. The molecule has 0 aliphatic carbocycles. The number of aryl methyl sites for hydroxylation is 2. The number of hydrogen-bond acceptors (Lipinski definition) is 3. The van der Waals surface area contributed by atoms with Crippen LogP contribution in [-0.2, 0) is 23.9 Å². The van der Waals surface area contributed by atoms with Gasteiger partial charge >= 0.3 is 6.18 Å². The van der Waals surface area contributed by atoms with Crippen LogP contribution in [0.2, 0.25) is 0 Å². The van der Waals surface area contributed by atoms with Crippen LogP contribution in [0.3, 0.4) is 0 Å². The third-order valence-corrected chi connectivity index (χ3v) is 4.63. The van der Waals surface area contributed by atoms with Crippen LogP contribution in [0.25, 0.3) is 0 Å². The second-order valence-corrected chi connectivity index (χ2v) is 6.58. The first kappa shape index (κ1) is 22.9. The van der Waals surface area contributed by atoms with Crippen molar-refractivity contribution in [3.63, 3.8) is 0 Å². The largest absolute Gasteiger partial charge is 0.488 e. The molecule has 3 nitrogen and oxygen atoms in total. The number of methoxy groups -OCH3 is 1. The van der Waals surface area contributed by atoms with Gasteiger partial charge in [-0.2, -0.15) is 13.2 Å². The molecule has 0 bridgehead atoms. The highest BCUT2D eigenvalue weighted by molar-refractivity contribution is 7.80. The predicted molar refractivity (Wildman–Crippen MR) is 105 cm³/mol. The first-order valence-corrected chi connectivity index (χ1v) is 9.07. The van der Waals surface area contributed by atoms with Crippen LogP contribution >= 0.6 is 12.2 Å². The molecule has 0 fully saturated rings. The molecule has 0 radical (unpaired) electrons. The Morgan fingerprint density at radius 3 is 2.45 bits per heavy atom. The molecule has 0 unspecified atom stereocenters. The standard InChI is InChI=1S/C20H20F5NO2S/c1-4-12-9-15(20(23,24)25)17(8-11(12)2)28-10-14-13(18(21)22)6-5-7-16(14)26-19(29)27-3/h5-9,18H,4,10H2,1-3H3,(H,26,29). The van der Waals surface area contributed by atoms with Crippen molar-refractivity contribution in [3.8, 4) is 5.75 Å². The fraction of sp³-hybridized carbons (Fsp3) is 0.350. The topological polar surface area (TPSA) is 30.5 Å². The zero-order valence-electron chi connectivity index (χ0n) is 16.0. The van der Waals surface area contributed by atoms with Gasteiger partial charge in [0.25, 0.3) is 11.6 Å². The first-order valence-electron chi connectivity index (χ1n) is 8.66. The van der Waals surface area contributed by atoms with Crippen molar-refractivity contribution in [1.29, 1.82) is 0 Å². The Balaban J connectivity index is 2.46. The lowest BCUT2D eigenvalue weighted by molar-refractivity contribution is -0.139. The summed E-state index contributed by atoms with van der Waals surface area (Å²) in [7, 11) is 1.30. The van der Waals surface area contributed by atoms with E-state index in [1.54, 1.807) is 13.8 Å². The maximum absolute atomic E-state index is 13.5. The molecular formula is C20H20F5NO2S. The van der Waals surface area contributed by atoms with Crippen molar-refractivity contribution in [3.05, 3.63) is 58.1 Å². The molecule has 0 spiro atoms. The highest BCUT2D eigenvalue weighted by Crippen LogP contribution is 2.39. The number of thiocarbonyl (C=S) groups is 1. The Bertz CT molecular complexity index is 884. The van der Waals surface area contributed by atoms with Crippen LogP contribution in [0.1, 0.15) is 41.2 Å². The van der Waals surface area contributed by atoms with E-state index in [1.807, 2.05) is 0 Å². The number of benzene rings is 2. The summed E-state index contributed by atoms with van der Waals surface area (Å²) in [5.41, 5.74) is 0.000115. The number of halogens is 5. The highest BCUT2D eigenvalue weighted by Gasteiger charge is 2.35. The zero-order valence-corrected chi connectivity index (χ0v) is 16.8. The summed E-state index contributed by atoms with van der Waals surface area (Å²) in [5.74, 6) is -0.420. The molecule has 0 aliphatic heterocycles. The maximum atomic E-state index is 13.5. The molecule has 0 saturated heterocycles. The van der Waals surface area contributed by atoms with Gasteiger partial charge in [0, 0.05) is 16.8 Å². The second kappa shape index (κ2) is 9.39. The summed E-state index contributed by atoms with van der Waals surface area (Å²) in [4.78, 5) is 0. The van der Waals surface area contributed by atoms with Crippen LogP contribution in [0.4, 0.5) is 27.6 Å². The van der Waals surface area contributed by atoms with E-state index in [2.05, 4.69) is 5.32 Å². The molecule has 0 heterocycles. The Hall–Kier alpha value is -2.42. The van der Waals surface area contributed by atoms with Gasteiger partial charge in [0.1, 0.15) is 12.4 Å². The molecule has 2 aromatic rings. The number of nitrogens with one attached hydrogen (secondary N) is 1. The quantitative estimate of drug-likeness (QED) is 0.420. The van der Waals surface area contributed by atoms with Crippen molar-refractivity contribution in [2.24, 2.45) is 0 Å². The van der Waals surface area contributed by atoms with Crippen LogP contribution in [0, 0.1) is 6.92 Å². The molecule has 1 N–H and O–H groups in total. The van der Waals surface area contributed by atoms with Crippen molar-refractivity contribution in [2.75, 3.05) is 12.4 Å². The third kappa shape index (κ3) is 5.56. The van der Waals surface area contributed by atoms with Gasteiger partial charge in [-0.05, 0) is 54.9 Å². The van der Waals surface area contributed by atoms with Crippen molar-refractivity contribution in [1.82, 2.24) is 0 Å². The monoisotopic (exact) mass is 433 g/mol. The number of anilines is 1. The van der Waals surface area contributed by atoms with E-state index in [0.717, 1.165) is 6.07 Å². The molecular weight excluding hydrogens is 413 g/mol. The minimum atomic E-state index is -4.64. The van der Waals surface area contributed by atoms with Crippen LogP contribution < -0.4 is 10.1 Å². The minimum Gasteiger partial charge on any atom is -0.488 e. The highest BCUT2D eigenvalue weighted by atomic mass is 32.1. The van der Waals surface area contributed by atoms with Gasteiger partial charge in [-0.3, -0.25) is 0 Å². The number of ether oxygens (including phenoxy) is 2. The van der Waals surface area contributed by atoms with Gasteiger partial charge in [-0.1, -0.05) is 19.1 Å². The van der Waals surface area contributed by atoms with E-state index in [0.29, 0.717) is 17.5 Å². The van der Waals surface area contributed by atoms with Crippen molar-refractivity contribution >= 4 is 23.1 Å². The molecule has 0 aromatic heterocycles. The summed E-state index contributed by atoms with van der Waals surface area (Å²) >= 11 is 4.89. The second-order valence-electron chi connectivity index (χ2n) is 6.21. The number of rotatable bonds is 6. The molecule has 9 heteroatoms. The lowest BCUT2D eigenvalue weighted by atomic mass is 10.0. The summed E-state index contributed by atoms with van der Waals surface area (Å²) in [5, 5.41) is 2.57. The van der Waals surface area contributed by atoms with Gasteiger partial charge < -0.3 is 14.8 Å². The normalized spacial score (nSPS) is 11.5. The van der Waals surface area contributed by atoms with E-state index in [9.17, 15) is 22.0 Å². The fourth-order valence-corrected chi connectivity index (χ4v) is 2.96. The van der Waals surface area contributed by atoms with E-state index in [4.69, 9.17) is 21.7 Å². The molecule has 0 aliphatic rings. The van der Waals surface area contributed by atoms with Gasteiger partial charge in [-0.15, -0.1) is 0 Å². The number of hydrogen-bond donors (Lipinski definition) is 1. The molecule has 158 valence electrons. The van der Waals surface area contributed by atoms with Gasteiger partial charge in [0.05, 0.1) is 12.7 Å². The van der Waals surface area contributed by atoms with Crippen molar-refractivity contribution < 1.29 is 31.4 Å². The number of alkyl halides is 5.